The Labute approximate surface area is 140 Å². The van der Waals surface area contributed by atoms with Gasteiger partial charge in [-0.25, -0.2) is 0 Å². The highest BCUT2D eigenvalue weighted by Gasteiger charge is 2.37. The molecule has 2 heterocycles. The van der Waals surface area contributed by atoms with Crippen molar-refractivity contribution in [3.05, 3.63) is 89.7 Å². The summed E-state index contributed by atoms with van der Waals surface area (Å²) < 4.78 is 0. The fourth-order valence-corrected chi connectivity index (χ4v) is 3.10. The predicted octanol–water partition coefficient (Wildman–Crippen LogP) is 4.16. The molecule has 2 aromatic carbocycles. The second kappa shape index (κ2) is 5.81. The Bertz CT molecular complexity index is 892. The molecular formula is C20H17N3O. The van der Waals surface area contributed by atoms with E-state index < -0.39 is 0 Å². The second-order valence-electron chi connectivity index (χ2n) is 5.84. The van der Waals surface area contributed by atoms with E-state index in [1.807, 2.05) is 54.6 Å². The average molecular weight is 315 g/mol. The van der Waals surface area contributed by atoms with E-state index in [1.54, 1.807) is 17.3 Å². The minimum atomic E-state index is -0.251. The van der Waals surface area contributed by atoms with Gasteiger partial charge in [-0.1, -0.05) is 36.4 Å². The highest BCUT2D eigenvalue weighted by molar-refractivity contribution is 6.11. The van der Waals surface area contributed by atoms with Crippen LogP contribution in [0.2, 0.25) is 0 Å². The van der Waals surface area contributed by atoms with E-state index in [0.717, 1.165) is 28.1 Å². The minimum absolute atomic E-state index is 0.00955. The summed E-state index contributed by atoms with van der Waals surface area (Å²) in [4.78, 5) is 18.9. The van der Waals surface area contributed by atoms with Crippen LogP contribution in [-0.4, -0.2) is 10.9 Å². The van der Waals surface area contributed by atoms with Crippen LogP contribution in [0.1, 0.15) is 27.7 Å². The molecule has 0 unspecified atom stereocenters. The second-order valence-corrected chi connectivity index (χ2v) is 5.84. The molecule has 118 valence electrons. The van der Waals surface area contributed by atoms with Crippen molar-refractivity contribution in [3.8, 4) is 0 Å². The highest BCUT2D eigenvalue weighted by atomic mass is 16.2. The molecule has 24 heavy (non-hydrogen) atoms. The Morgan fingerprint density at radius 1 is 1.00 bits per heavy atom. The van der Waals surface area contributed by atoms with Crippen molar-refractivity contribution < 1.29 is 4.79 Å². The molecule has 0 spiro atoms. The number of carbonyl (C=O) groups is 1. The number of para-hydroxylation sites is 1. The number of anilines is 2. The molecule has 0 saturated carbocycles. The Hall–Kier alpha value is -3.14. The van der Waals surface area contributed by atoms with Crippen LogP contribution < -0.4 is 10.2 Å². The Morgan fingerprint density at radius 2 is 1.79 bits per heavy atom. The summed E-state index contributed by atoms with van der Waals surface area (Å²) in [7, 11) is 0. The Balaban J connectivity index is 1.81. The van der Waals surface area contributed by atoms with Gasteiger partial charge in [-0.05, 0) is 36.8 Å². The van der Waals surface area contributed by atoms with Crippen LogP contribution in [0.15, 0.2) is 73.1 Å². The van der Waals surface area contributed by atoms with Gasteiger partial charge in [-0.15, -0.1) is 0 Å². The molecule has 0 radical (unpaired) electrons. The standard InChI is InChI=1S/C20H17N3O/c1-14-7-2-5-11-18(14)22-19-16-9-3-4-10-17(16)20(24)23(19)15-8-6-12-21-13-15/h2-13,19,22H,1H3/t19-/m1/s1. The van der Waals surface area contributed by atoms with Crippen LogP contribution in [0, 0.1) is 6.92 Å². The summed E-state index contributed by atoms with van der Waals surface area (Å²) in [5, 5.41) is 3.52. The number of hydrogen-bond acceptors (Lipinski definition) is 3. The third-order valence-electron chi connectivity index (χ3n) is 4.32. The molecule has 0 fully saturated rings. The summed E-state index contributed by atoms with van der Waals surface area (Å²) in [5.74, 6) is -0.00955. The van der Waals surface area contributed by atoms with Crippen molar-refractivity contribution in [2.45, 2.75) is 13.1 Å². The molecule has 1 aliphatic heterocycles. The maximum Gasteiger partial charge on any atom is 0.260 e. The van der Waals surface area contributed by atoms with E-state index in [4.69, 9.17) is 0 Å². The lowest BCUT2D eigenvalue weighted by Gasteiger charge is -2.27. The van der Waals surface area contributed by atoms with Gasteiger partial charge in [-0.2, -0.15) is 0 Å². The molecule has 1 amide bonds. The summed E-state index contributed by atoms with van der Waals surface area (Å²) >= 11 is 0. The van der Waals surface area contributed by atoms with Gasteiger partial charge < -0.3 is 5.32 Å². The van der Waals surface area contributed by atoms with Crippen LogP contribution >= 0.6 is 0 Å². The van der Waals surface area contributed by atoms with E-state index in [0.29, 0.717) is 0 Å². The van der Waals surface area contributed by atoms with E-state index in [1.165, 1.54) is 0 Å². The van der Waals surface area contributed by atoms with Crippen LogP contribution in [0.4, 0.5) is 11.4 Å². The fraction of sp³-hybridized carbons (Fsp3) is 0.100. The van der Waals surface area contributed by atoms with Crippen molar-refractivity contribution in [1.82, 2.24) is 4.98 Å². The molecule has 1 aromatic heterocycles. The lowest BCUT2D eigenvalue weighted by molar-refractivity contribution is 0.0993. The first-order valence-electron chi connectivity index (χ1n) is 7.90. The first-order chi connectivity index (χ1) is 11.8. The average Bonchev–Trinajstić information content (AvgIpc) is 2.90. The first-order valence-corrected chi connectivity index (χ1v) is 7.90. The van der Waals surface area contributed by atoms with Gasteiger partial charge in [0.05, 0.1) is 11.9 Å². The topological polar surface area (TPSA) is 45.2 Å². The third-order valence-corrected chi connectivity index (χ3v) is 4.32. The smallest absolute Gasteiger partial charge is 0.260 e. The normalized spacial score (nSPS) is 16.1. The summed E-state index contributed by atoms with van der Waals surface area (Å²) in [6, 6.07) is 19.6. The van der Waals surface area contributed by atoms with E-state index in [-0.39, 0.29) is 12.1 Å². The Kier molecular flexibility index (Phi) is 3.50. The number of amides is 1. The first kappa shape index (κ1) is 14.5. The van der Waals surface area contributed by atoms with Crippen LogP contribution in [0.25, 0.3) is 0 Å². The van der Waals surface area contributed by atoms with Crippen LogP contribution in [-0.2, 0) is 0 Å². The summed E-state index contributed by atoms with van der Waals surface area (Å²) in [6.45, 7) is 2.05. The van der Waals surface area contributed by atoms with Gasteiger partial charge in [0.25, 0.3) is 5.91 Å². The fourth-order valence-electron chi connectivity index (χ4n) is 3.10. The predicted molar refractivity (Wildman–Crippen MR) is 95.0 cm³/mol. The van der Waals surface area contributed by atoms with E-state index in [2.05, 4.69) is 23.3 Å². The van der Waals surface area contributed by atoms with Gasteiger partial charge in [0.1, 0.15) is 6.17 Å². The molecular weight excluding hydrogens is 298 g/mol. The number of rotatable bonds is 3. The molecule has 4 heteroatoms. The number of hydrogen-bond donors (Lipinski definition) is 1. The number of aryl methyl sites for hydroxylation is 1. The zero-order chi connectivity index (χ0) is 16.5. The maximum absolute atomic E-state index is 12.9. The maximum atomic E-state index is 12.9. The molecule has 4 nitrogen and oxygen atoms in total. The number of benzene rings is 2. The number of nitrogens with zero attached hydrogens (tertiary/aromatic N) is 2. The van der Waals surface area contributed by atoms with Crippen molar-refractivity contribution in [3.63, 3.8) is 0 Å². The van der Waals surface area contributed by atoms with Gasteiger partial charge >= 0.3 is 0 Å². The number of carbonyl (C=O) groups excluding carboxylic acids is 1. The quantitative estimate of drug-likeness (QED) is 0.789. The molecule has 1 N–H and O–H groups in total. The number of fused-ring (bicyclic) bond motifs is 1. The molecule has 3 aromatic rings. The third kappa shape index (κ3) is 2.33. The zero-order valence-electron chi connectivity index (χ0n) is 13.3. The largest absolute Gasteiger partial charge is 0.361 e. The highest BCUT2D eigenvalue weighted by Crippen LogP contribution is 2.38. The van der Waals surface area contributed by atoms with Crippen molar-refractivity contribution >= 4 is 17.3 Å². The SMILES string of the molecule is Cc1ccccc1N[C@H]1c2ccccc2C(=O)N1c1cccnc1. The van der Waals surface area contributed by atoms with Crippen molar-refractivity contribution in [2.24, 2.45) is 0 Å². The van der Waals surface area contributed by atoms with Crippen LogP contribution in [0.3, 0.4) is 0 Å². The van der Waals surface area contributed by atoms with Gasteiger partial charge in [0.2, 0.25) is 0 Å². The van der Waals surface area contributed by atoms with Crippen LogP contribution in [0.5, 0.6) is 0 Å². The number of pyridine rings is 1. The van der Waals surface area contributed by atoms with Gasteiger partial charge in [-0.3, -0.25) is 14.7 Å². The molecule has 1 atom stereocenters. The van der Waals surface area contributed by atoms with Gasteiger partial charge in [0.15, 0.2) is 0 Å². The molecule has 0 bridgehead atoms. The minimum Gasteiger partial charge on any atom is -0.361 e. The zero-order valence-corrected chi connectivity index (χ0v) is 13.3. The number of nitrogens with one attached hydrogen (secondary N) is 1. The molecule has 0 saturated heterocycles. The molecule has 4 rings (SSSR count). The van der Waals surface area contributed by atoms with E-state index in [9.17, 15) is 4.79 Å². The molecule has 1 aliphatic rings. The number of aromatic nitrogens is 1. The lowest BCUT2D eigenvalue weighted by atomic mass is 10.1. The van der Waals surface area contributed by atoms with E-state index >= 15 is 0 Å². The molecule has 0 aliphatic carbocycles. The van der Waals surface area contributed by atoms with Gasteiger partial charge in [0, 0.05) is 23.0 Å². The summed E-state index contributed by atoms with van der Waals surface area (Å²) in [5.41, 5.74) is 4.65. The van der Waals surface area contributed by atoms with Crippen molar-refractivity contribution in [1.29, 1.82) is 0 Å². The lowest BCUT2D eigenvalue weighted by Crippen LogP contribution is -2.32. The summed E-state index contributed by atoms with van der Waals surface area (Å²) in [6.07, 6.45) is 3.18. The monoisotopic (exact) mass is 315 g/mol. The Morgan fingerprint density at radius 3 is 2.58 bits per heavy atom. The van der Waals surface area contributed by atoms with Crippen molar-refractivity contribution in [2.75, 3.05) is 10.2 Å².